The van der Waals surface area contributed by atoms with E-state index in [1.54, 1.807) is 18.2 Å². The third kappa shape index (κ3) is 20.2. The van der Waals surface area contributed by atoms with Gasteiger partial charge in [0.1, 0.15) is 60.7 Å². The molecule has 6 aromatic carbocycles. The number of alkyl halides is 12. The van der Waals surface area contributed by atoms with Gasteiger partial charge in [0.25, 0.3) is 0 Å². The Bertz CT molecular complexity index is 3880. The van der Waals surface area contributed by atoms with Gasteiger partial charge in [-0.2, -0.15) is 52.7 Å². The van der Waals surface area contributed by atoms with Gasteiger partial charge in [-0.15, -0.1) is 0 Å². The Labute approximate surface area is 663 Å². The Morgan fingerprint density at radius 3 is 1.09 bits per heavy atom. The van der Waals surface area contributed by atoms with Gasteiger partial charge in [0.05, 0.1) is 0 Å². The molecule has 10 aliphatic rings. The van der Waals surface area contributed by atoms with E-state index in [9.17, 15) is 66.7 Å². The molecule has 4 atom stereocenters. The summed E-state index contributed by atoms with van der Waals surface area (Å²) in [7, 11) is 0. The SMILES string of the molecule is CC(F)(F)C(=O)OC12CC3CC(C1)C1(OCC(F)(F)C(F)(F)CO1)C(C3)C2.CC(F)(F)C(=O)OC12CC3CC(C1)C1(OCC(F)(F)C(F)(F)CO1)C(C3)C2.Cc1ccc(F)cc1[I+]c1ccc(C(C)(C)C)cc1.Cc1ccc(Oc2ccc(I)cc2)cc1[I+]c1ccc(C(C)(C)C)cc1.Oc1ccc(I)cc1. The van der Waals surface area contributed by atoms with E-state index in [1.165, 1.54) is 46.2 Å². The van der Waals surface area contributed by atoms with Crippen LogP contribution in [0.4, 0.5) is 57.1 Å². The van der Waals surface area contributed by atoms with Crippen molar-refractivity contribution in [1.82, 2.24) is 0 Å². The molecule has 0 radical (unpaired) electrons. The standard InChI is InChI=1S/C23H23I2O.2C17H20F6O4.C17H19FI.C6H5IO/c1-16-5-12-21(26-20-13-8-18(24)9-14-20)15-22(16)25-19-10-6-17(7-11-19)23(2,3)4;2*1-13(18,19)12(24)27-14-4-9-2-10(5-14)17(11(3-9)6-14)25-7-15(20,21)16(22,23)8-26-17;1-12-5-8-14(18)11-16(12)19-15-9-6-13(7-10-15)17(2,3)4;7-5-1-3-6(8)4-2-5/h5-15H,1-4H3;2*9-11H,2-8H2,1H3;5-11H,1-4H3;1-4,8H/q+1;;;+1;. The monoisotopic (exact) mass is 1960 g/mol. The summed E-state index contributed by atoms with van der Waals surface area (Å²) in [5.74, 6) is -31.6. The number of hydrogen-bond acceptors (Lipinski definition) is 10. The first-order valence-corrected chi connectivity index (χ1v) is 41.6. The first-order chi connectivity index (χ1) is 49.5. The molecular weight excluding hydrogens is 1880 g/mol. The van der Waals surface area contributed by atoms with Crippen molar-refractivity contribution in [1.29, 1.82) is 0 Å². The zero-order valence-corrected chi connectivity index (χ0v) is 69.2. The maximum atomic E-state index is 13.7. The Morgan fingerprint density at radius 1 is 0.449 bits per heavy atom. The molecule has 8 aliphatic carbocycles. The predicted molar refractivity (Wildman–Crippen MR) is 383 cm³/mol. The summed E-state index contributed by atoms with van der Waals surface area (Å²) in [5.41, 5.74) is 3.35. The van der Waals surface area contributed by atoms with Crippen molar-refractivity contribution < 1.29 is 147 Å². The number of carbonyl (C=O) groups excluding carboxylic acids is 2. The normalized spacial score (nSPS) is 26.4. The lowest BCUT2D eigenvalue weighted by atomic mass is 9.51. The first kappa shape index (κ1) is 85.1. The van der Waals surface area contributed by atoms with Crippen molar-refractivity contribution in [2.75, 3.05) is 26.4 Å². The van der Waals surface area contributed by atoms with Crippen molar-refractivity contribution in [3.8, 4) is 17.2 Å². The average Bonchev–Trinajstić information content (AvgIpc) is 1.67. The highest BCUT2D eigenvalue weighted by Gasteiger charge is 2.72. The van der Waals surface area contributed by atoms with E-state index in [4.69, 9.17) is 38.3 Å². The fraction of sp³-hybridized carbons (Fsp3) is 0.525. The van der Waals surface area contributed by atoms with Crippen LogP contribution in [0.2, 0.25) is 0 Å². The van der Waals surface area contributed by atoms with E-state index in [0.717, 1.165) is 15.1 Å². The van der Waals surface area contributed by atoms with E-state index >= 15 is 0 Å². The Hall–Kier alpha value is -4.29. The number of aryl methyl sites for hydroxylation is 2. The molecule has 0 amide bonds. The molecule has 107 heavy (non-hydrogen) atoms. The molecule has 6 aromatic rings. The summed E-state index contributed by atoms with van der Waals surface area (Å²) in [6.07, 6.45) is 2.93. The second kappa shape index (κ2) is 32.3. The van der Waals surface area contributed by atoms with Crippen LogP contribution in [0, 0.1) is 76.6 Å². The van der Waals surface area contributed by atoms with Gasteiger partial charge in [-0.3, -0.25) is 0 Å². The van der Waals surface area contributed by atoms with Crippen molar-refractivity contribution >= 4 is 57.1 Å². The van der Waals surface area contributed by atoms with Gasteiger partial charge < -0.3 is 38.3 Å². The number of esters is 2. The highest BCUT2D eigenvalue weighted by molar-refractivity contribution is 14.1. The smallest absolute Gasteiger partial charge is 0.377 e. The lowest BCUT2D eigenvalue weighted by Crippen LogP contribution is -3.61. The minimum Gasteiger partial charge on any atom is -0.508 e. The summed E-state index contributed by atoms with van der Waals surface area (Å²) in [6, 6.07) is 44.6. The predicted octanol–water partition coefficient (Wildman–Crippen LogP) is 14.9. The van der Waals surface area contributed by atoms with Gasteiger partial charge in [0, 0.05) is 67.9 Å². The van der Waals surface area contributed by atoms with Gasteiger partial charge in [-0.25, -0.2) is 14.0 Å². The second-order valence-corrected chi connectivity index (χ2v) is 39.9. The van der Waals surface area contributed by atoms with E-state index in [2.05, 4.69) is 179 Å². The van der Waals surface area contributed by atoms with Crippen LogP contribution in [0.3, 0.4) is 0 Å². The van der Waals surface area contributed by atoms with Crippen LogP contribution in [0.25, 0.3) is 0 Å². The Balaban J connectivity index is 0.000000148. The van der Waals surface area contributed by atoms with Crippen LogP contribution < -0.4 is 47.1 Å². The molecule has 2 spiro atoms. The van der Waals surface area contributed by atoms with Crippen molar-refractivity contribution in [2.24, 2.45) is 35.5 Å². The minimum absolute atomic E-state index is 0.0166. The fourth-order valence-electron chi connectivity index (χ4n) is 15.5. The fourth-order valence-corrected chi connectivity index (χ4v) is 21.2. The molecular formula is C80H87F13I4O10+2. The van der Waals surface area contributed by atoms with Crippen molar-refractivity contribution in [3.05, 3.63) is 183 Å². The van der Waals surface area contributed by atoms with Crippen LogP contribution in [0.1, 0.15) is 142 Å². The highest BCUT2D eigenvalue weighted by Crippen LogP contribution is 2.66. The summed E-state index contributed by atoms with van der Waals surface area (Å²) < 4.78 is 221. The van der Waals surface area contributed by atoms with Gasteiger partial charge in [0.15, 0.2) is 22.3 Å². The van der Waals surface area contributed by atoms with E-state index in [-0.39, 0.29) is 96.6 Å². The number of ether oxygens (including phenoxy) is 7. The first-order valence-electron chi connectivity index (χ1n) is 35.1. The summed E-state index contributed by atoms with van der Waals surface area (Å²) >= 11 is 3.97. The zero-order chi connectivity index (χ0) is 78.5. The number of benzene rings is 6. The number of halogens is 17. The molecule has 2 aliphatic heterocycles. The van der Waals surface area contributed by atoms with E-state index < -0.39 is 120 Å². The second-order valence-electron chi connectivity index (χ2n) is 31.6. The Morgan fingerprint density at radius 2 is 0.766 bits per heavy atom. The molecule has 4 unspecified atom stereocenters. The molecule has 2 heterocycles. The van der Waals surface area contributed by atoms with Gasteiger partial charge in [-0.05, 0) is 242 Å². The quantitative estimate of drug-likeness (QED) is 0.0807. The number of hydrogen-bond donors (Lipinski definition) is 1. The number of rotatable bonds is 10. The maximum Gasteiger partial charge on any atom is 0.377 e. The zero-order valence-electron chi connectivity index (χ0n) is 60.6. The molecule has 2 saturated heterocycles. The third-order valence-electron chi connectivity index (χ3n) is 20.9. The molecule has 1 N–H and O–H groups in total. The largest absolute Gasteiger partial charge is 0.508 e. The molecule has 27 heteroatoms. The minimum atomic E-state index is -4.36. The molecule has 8 saturated carbocycles. The maximum absolute atomic E-state index is 13.7. The molecule has 8 bridgehead atoms. The summed E-state index contributed by atoms with van der Waals surface area (Å²) in [4.78, 5) is 23.4. The number of carbonyl (C=O) groups is 2. The van der Waals surface area contributed by atoms with Crippen molar-refractivity contribution in [2.45, 2.75) is 203 Å². The van der Waals surface area contributed by atoms with Gasteiger partial charge >= 0.3 is 89.9 Å². The Kier molecular flexibility index (Phi) is 25.7. The van der Waals surface area contributed by atoms with Crippen LogP contribution in [-0.4, -0.2) is 102 Å². The molecule has 10 fully saturated rings. The molecule has 0 aromatic heterocycles. The summed E-state index contributed by atoms with van der Waals surface area (Å²) in [6.45, 7) is 12.6. The topological polar surface area (TPSA) is 119 Å². The van der Waals surface area contributed by atoms with Crippen LogP contribution in [0.5, 0.6) is 17.2 Å². The highest BCUT2D eigenvalue weighted by atomic mass is 127. The van der Waals surface area contributed by atoms with E-state index in [0.29, 0.717) is 58.1 Å². The number of aromatic hydroxyl groups is 1. The lowest BCUT2D eigenvalue weighted by molar-refractivity contribution is -0.598. The molecule has 16 rings (SSSR count). The van der Waals surface area contributed by atoms with Crippen LogP contribution in [0.15, 0.2) is 133 Å². The third-order valence-corrected chi connectivity index (χ3v) is 28.5. The van der Waals surface area contributed by atoms with Gasteiger partial charge in [0.2, 0.25) is 3.57 Å². The van der Waals surface area contributed by atoms with Crippen LogP contribution in [-0.2, 0) is 48.8 Å². The van der Waals surface area contributed by atoms with Crippen molar-refractivity contribution in [3.63, 3.8) is 0 Å². The average molecular weight is 1960 g/mol. The summed E-state index contributed by atoms with van der Waals surface area (Å²) in [5, 5.41) is 8.75. The number of phenolic OH excluding ortho intramolecular Hbond substituents is 1. The molecule has 10 nitrogen and oxygen atoms in total. The number of phenols is 1. The van der Waals surface area contributed by atoms with Crippen LogP contribution >= 0.6 is 45.2 Å². The van der Waals surface area contributed by atoms with Gasteiger partial charge in [-0.1, -0.05) is 77.9 Å². The lowest BCUT2D eigenvalue weighted by Gasteiger charge is -2.63. The van der Waals surface area contributed by atoms with E-state index in [1.807, 2.05) is 30.3 Å². The molecule has 584 valence electrons.